The van der Waals surface area contributed by atoms with Gasteiger partial charge in [-0.15, -0.1) is 0 Å². The van der Waals surface area contributed by atoms with Gasteiger partial charge in [0.2, 0.25) is 5.91 Å². The van der Waals surface area contributed by atoms with Crippen molar-refractivity contribution in [2.75, 3.05) is 6.61 Å². The summed E-state index contributed by atoms with van der Waals surface area (Å²) in [4.78, 5) is 23.1. The average Bonchev–Trinajstić information content (AvgIpc) is 2.81. The molecule has 0 aliphatic heterocycles. The van der Waals surface area contributed by atoms with Crippen molar-refractivity contribution in [1.29, 1.82) is 0 Å². The van der Waals surface area contributed by atoms with Crippen LogP contribution in [0.1, 0.15) is 35.1 Å². The lowest BCUT2D eigenvalue weighted by atomic mass is 9.88. The monoisotopic (exact) mass is 420 g/mol. The van der Waals surface area contributed by atoms with E-state index >= 15 is 0 Å². The molecular formula is C24H24N2O5. The van der Waals surface area contributed by atoms with Crippen LogP contribution in [0.3, 0.4) is 0 Å². The number of nitrogens with zero attached hydrogens (tertiary/aromatic N) is 1. The Kier molecular flexibility index (Phi) is 7.48. The molecule has 0 spiro atoms. The van der Waals surface area contributed by atoms with Gasteiger partial charge in [0.25, 0.3) is 5.69 Å². The Bertz CT molecular complexity index is 954. The van der Waals surface area contributed by atoms with Gasteiger partial charge in [0.1, 0.15) is 6.10 Å². The molecule has 0 saturated heterocycles. The summed E-state index contributed by atoms with van der Waals surface area (Å²) in [6.45, 7) is -0.481. The van der Waals surface area contributed by atoms with Crippen LogP contribution in [0.4, 0.5) is 5.69 Å². The molecule has 0 unspecified atom stereocenters. The number of aliphatic hydroxyl groups excluding tert-OH is 2. The number of nitro benzene ring substituents is 1. The smallest absolute Gasteiger partial charge is 0.269 e. The summed E-state index contributed by atoms with van der Waals surface area (Å²) in [5, 5.41) is 33.8. The molecule has 3 aromatic rings. The molecule has 3 rings (SSSR count). The van der Waals surface area contributed by atoms with Crippen molar-refractivity contribution in [2.24, 2.45) is 0 Å². The van der Waals surface area contributed by atoms with Crippen LogP contribution in [-0.4, -0.2) is 33.7 Å². The number of nitro groups is 1. The first-order chi connectivity index (χ1) is 15.0. The van der Waals surface area contributed by atoms with Gasteiger partial charge >= 0.3 is 0 Å². The summed E-state index contributed by atoms with van der Waals surface area (Å²) in [5.74, 6) is -0.504. The third kappa shape index (κ3) is 5.75. The lowest BCUT2D eigenvalue weighted by molar-refractivity contribution is -0.384. The van der Waals surface area contributed by atoms with E-state index in [9.17, 15) is 25.1 Å². The van der Waals surface area contributed by atoms with Gasteiger partial charge in [-0.25, -0.2) is 0 Å². The predicted octanol–water partition coefficient (Wildman–Crippen LogP) is 3.33. The molecule has 3 N–H and O–H groups in total. The number of hydrogen-bond donors (Lipinski definition) is 3. The Hall–Kier alpha value is -3.55. The van der Waals surface area contributed by atoms with Crippen molar-refractivity contribution in [1.82, 2.24) is 5.32 Å². The van der Waals surface area contributed by atoms with Gasteiger partial charge in [-0.2, -0.15) is 0 Å². The standard InChI is InChI=1S/C24H24N2O5/c27-16-22(24(29)19-11-13-20(14-12-19)26(30)31)25-23(28)15-21(17-7-3-1-4-8-17)18-9-5-2-6-10-18/h1-14,21-22,24,27,29H,15-16H2,(H,25,28)/t22-,24+/m0/s1. The topological polar surface area (TPSA) is 113 Å². The normalized spacial score (nSPS) is 12.9. The molecule has 7 nitrogen and oxygen atoms in total. The molecule has 0 saturated carbocycles. The molecule has 1 amide bonds. The molecular weight excluding hydrogens is 396 g/mol. The highest BCUT2D eigenvalue weighted by molar-refractivity contribution is 5.78. The van der Waals surface area contributed by atoms with Crippen LogP contribution in [0.15, 0.2) is 84.9 Å². The molecule has 0 aromatic heterocycles. The van der Waals surface area contributed by atoms with Crippen LogP contribution in [0.5, 0.6) is 0 Å². The van der Waals surface area contributed by atoms with Gasteiger partial charge in [-0.1, -0.05) is 60.7 Å². The highest BCUT2D eigenvalue weighted by Gasteiger charge is 2.25. The van der Waals surface area contributed by atoms with Crippen LogP contribution in [0, 0.1) is 10.1 Å². The summed E-state index contributed by atoms with van der Waals surface area (Å²) in [5.41, 5.74) is 2.24. The second-order valence-corrected chi connectivity index (χ2v) is 7.23. The molecule has 2 atom stereocenters. The maximum absolute atomic E-state index is 12.8. The second kappa shape index (κ2) is 10.5. The fourth-order valence-electron chi connectivity index (χ4n) is 3.50. The Morgan fingerprint density at radius 1 is 0.871 bits per heavy atom. The zero-order chi connectivity index (χ0) is 22.2. The molecule has 0 bridgehead atoms. The Morgan fingerprint density at radius 2 is 1.39 bits per heavy atom. The Morgan fingerprint density at radius 3 is 1.84 bits per heavy atom. The number of non-ortho nitro benzene ring substituents is 1. The van der Waals surface area contributed by atoms with Gasteiger partial charge in [0, 0.05) is 24.5 Å². The van der Waals surface area contributed by atoms with Crippen LogP contribution >= 0.6 is 0 Å². The zero-order valence-corrected chi connectivity index (χ0v) is 16.8. The molecule has 0 aliphatic rings. The molecule has 0 fully saturated rings. The highest BCUT2D eigenvalue weighted by Crippen LogP contribution is 2.28. The maximum Gasteiger partial charge on any atom is 0.269 e. The van der Waals surface area contributed by atoms with E-state index in [1.807, 2.05) is 60.7 Å². The van der Waals surface area contributed by atoms with Crippen molar-refractivity contribution >= 4 is 11.6 Å². The molecule has 3 aromatic carbocycles. The van der Waals surface area contributed by atoms with E-state index < -0.39 is 23.7 Å². The Labute approximate surface area is 180 Å². The third-order valence-electron chi connectivity index (χ3n) is 5.16. The van der Waals surface area contributed by atoms with Crippen molar-refractivity contribution in [2.45, 2.75) is 24.5 Å². The van der Waals surface area contributed by atoms with E-state index in [1.54, 1.807) is 0 Å². The molecule has 0 radical (unpaired) electrons. The summed E-state index contributed by atoms with van der Waals surface area (Å²) in [6, 6.07) is 23.7. The lowest BCUT2D eigenvalue weighted by Crippen LogP contribution is -2.42. The highest BCUT2D eigenvalue weighted by atomic mass is 16.6. The summed E-state index contributed by atoms with van der Waals surface area (Å²) in [7, 11) is 0. The number of rotatable bonds is 9. The minimum absolute atomic E-state index is 0.103. The summed E-state index contributed by atoms with van der Waals surface area (Å²) >= 11 is 0. The van der Waals surface area contributed by atoms with E-state index in [2.05, 4.69) is 5.32 Å². The lowest BCUT2D eigenvalue weighted by Gasteiger charge is -2.24. The van der Waals surface area contributed by atoms with E-state index in [4.69, 9.17) is 0 Å². The van der Waals surface area contributed by atoms with E-state index in [0.717, 1.165) is 11.1 Å². The molecule has 0 heterocycles. The van der Waals surface area contributed by atoms with E-state index in [1.165, 1.54) is 24.3 Å². The molecule has 31 heavy (non-hydrogen) atoms. The van der Waals surface area contributed by atoms with Crippen molar-refractivity contribution < 1.29 is 19.9 Å². The number of aliphatic hydroxyl groups is 2. The average molecular weight is 420 g/mol. The van der Waals surface area contributed by atoms with Crippen LogP contribution in [0.25, 0.3) is 0 Å². The summed E-state index contributed by atoms with van der Waals surface area (Å²) in [6.07, 6.45) is -1.07. The quantitative estimate of drug-likeness (QED) is 0.363. The van der Waals surface area contributed by atoms with E-state index in [0.29, 0.717) is 5.56 Å². The minimum Gasteiger partial charge on any atom is -0.394 e. The molecule has 7 heteroatoms. The molecule has 160 valence electrons. The Balaban J connectivity index is 1.73. The number of carbonyl (C=O) groups is 1. The van der Waals surface area contributed by atoms with Gasteiger partial charge in [-0.3, -0.25) is 14.9 Å². The van der Waals surface area contributed by atoms with E-state index in [-0.39, 0.29) is 23.9 Å². The number of amides is 1. The first kappa shape index (κ1) is 22.1. The van der Waals surface area contributed by atoms with Gasteiger partial charge in [0.05, 0.1) is 17.6 Å². The number of hydrogen-bond acceptors (Lipinski definition) is 5. The number of benzene rings is 3. The van der Waals surface area contributed by atoms with Gasteiger partial charge in [0.15, 0.2) is 0 Å². The predicted molar refractivity (Wildman–Crippen MR) is 116 cm³/mol. The van der Waals surface area contributed by atoms with Crippen LogP contribution in [0.2, 0.25) is 0 Å². The number of nitrogens with one attached hydrogen (secondary N) is 1. The van der Waals surface area contributed by atoms with Crippen molar-refractivity contribution in [3.05, 3.63) is 112 Å². The van der Waals surface area contributed by atoms with Gasteiger partial charge in [-0.05, 0) is 28.8 Å². The first-order valence-electron chi connectivity index (χ1n) is 9.92. The zero-order valence-electron chi connectivity index (χ0n) is 16.8. The first-order valence-corrected chi connectivity index (χ1v) is 9.92. The number of carbonyl (C=O) groups excluding carboxylic acids is 1. The minimum atomic E-state index is -1.21. The fraction of sp³-hybridized carbons (Fsp3) is 0.208. The fourth-order valence-corrected chi connectivity index (χ4v) is 3.50. The van der Waals surface area contributed by atoms with Crippen molar-refractivity contribution in [3.8, 4) is 0 Å². The SMILES string of the molecule is O=C(CC(c1ccccc1)c1ccccc1)N[C@@H](CO)[C@H](O)c1ccc([N+](=O)[O-])cc1. The van der Waals surface area contributed by atoms with Gasteiger partial charge < -0.3 is 15.5 Å². The van der Waals surface area contributed by atoms with Crippen LogP contribution in [-0.2, 0) is 4.79 Å². The van der Waals surface area contributed by atoms with Crippen molar-refractivity contribution in [3.63, 3.8) is 0 Å². The second-order valence-electron chi connectivity index (χ2n) is 7.23. The maximum atomic E-state index is 12.8. The summed E-state index contributed by atoms with van der Waals surface area (Å²) < 4.78 is 0. The third-order valence-corrected chi connectivity index (χ3v) is 5.16. The largest absolute Gasteiger partial charge is 0.394 e. The van der Waals surface area contributed by atoms with Crippen LogP contribution < -0.4 is 5.32 Å². The molecule has 0 aliphatic carbocycles.